The van der Waals surface area contributed by atoms with Crippen LogP contribution in [-0.2, 0) is 17.1 Å². The number of hydrogen-bond acceptors (Lipinski definition) is 5. The first-order chi connectivity index (χ1) is 14.9. The van der Waals surface area contributed by atoms with Gasteiger partial charge >= 0.3 is 12.4 Å². The topological polar surface area (TPSA) is 83.4 Å². The number of benzene rings is 2. The zero-order valence-corrected chi connectivity index (χ0v) is 16.5. The molecule has 0 heterocycles. The van der Waals surface area contributed by atoms with E-state index in [2.05, 4.69) is 10.6 Å². The second kappa shape index (κ2) is 9.51. The molecule has 0 saturated carbocycles. The van der Waals surface area contributed by atoms with Crippen molar-refractivity contribution in [3.8, 4) is 17.6 Å². The normalized spacial score (nSPS) is 12.0. The lowest BCUT2D eigenvalue weighted by atomic mass is 10.1. The van der Waals surface area contributed by atoms with Crippen molar-refractivity contribution in [1.29, 1.82) is 5.26 Å². The molecule has 0 spiro atoms. The van der Waals surface area contributed by atoms with E-state index >= 15 is 0 Å². The first kappa shape index (κ1) is 24.4. The third-order valence-electron chi connectivity index (χ3n) is 3.98. The monoisotopic (exact) mass is 459 g/mol. The van der Waals surface area contributed by atoms with Crippen LogP contribution in [0.4, 0.5) is 37.7 Å². The summed E-state index contributed by atoms with van der Waals surface area (Å²) in [6.45, 7) is 0. The number of alkyl halides is 6. The summed E-state index contributed by atoms with van der Waals surface area (Å²) >= 11 is 0. The van der Waals surface area contributed by atoms with E-state index in [1.54, 1.807) is 0 Å². The molecule has 0 aliphatic carbocycles. The highest BCUT2D eigenvalue weighted by Crippen LogP contribution is 2.37. The van der Waals surface area contributed by atoms with Crippen LogP contribution < -0.4 is 20.1 Å². The van der Waals surface area contributed by atoms with E-state index in [0.717, 1.165) is 0 Å². The number of methoxy groups -OCH3 is 2. The largest absolute Gasteiger partial charge is 0.493 e. The van der Waals surface area contributed by atoms with Gasteiger partial charge in [0.1, 0.15) is 11.6 Å². The number of nitriles is 1. The lowest BCUT2D eigenvalue weighted by Crippen LogP contribution is -2.15. The van der Waals surface area contributed by atoms with Crippen molar-refractivity contribution >= 4 is 17.3 Å². The number of carbonyl (C=O) groups is 1. The highest BCUT2D eigenvalue weighted by Gasteiger charge is 2.36. The quantitative estimate of drug-likeness (QED) is 0.353. The van der Waals surface area contributed by atoms with Gasteiger partial charge in [-0.15, -0.1) is 0 Å². The lowest BCUT2D eigenvalue weighted by Gasteiger charge is -2.14. The van der Waals surface area contributed by atoms with Crippen LogP contribution in [0.1, 0.15) is 11.1 Å². The van der Waals surface area contributed by atoms with Crippen molar-refractivity contribution in [1.82, 2.24) is 0 Å². The highest BCUT2D eigenvalue weighted by molar-refractivity contribution is 6.06. The predicted molar refractivity (Wildman–Crippen MR) is 102 cm³/mol. The number of carbonyl (C=O) groups excluding carboxylic acids is 1. The Labute approximate surface area is 178 Å². The van der Waals surface area contributed by atoms with Crippen LogP contribution in [0.25, 0.3) is 0 Å². The molecule has 0 aliphatic rings. The van der Waals surface area contributed by atoms with Crippen LogP contribution >= 0.6 is 0 Å². The molecule has 170 valence electrons. The fourth-order valence-corrected chi connectivity index (χ4v) is 2.45. The minimum Gasteiger partial charge on any atom is -0.493 e. The summed E-state index contributed by atoms with van der Waals surface area (Å²) in [6.07, 6.45) is -9.37. The Balaban J connectivity index is 2.29. The van der Waals surface area contributed by atoms with Crippen LogP contribution in [0, 0.1) is 11.3 Å². The Bertz CT molecular complexity index is 1040. The van der Waals surface area contributed by atoms with Gasteiger partial charge in [-0.2, -0.15) is 31.6 Å². The molecule has 2 aromatic rings. The van der Waals surface area contributed by atoms with Gasteiger partial charge in [0, 0.05) is 23.6 Å². The van der Waals surface area contributed by atoms with Crippen LogP contribution in [0.3, 0.4) is 0 Å². The SMILES string of the molecule is COc1ccc(NC(=O)/C(C#N)=C\Nc2cc(C(F)(F)F)cc(C(F)(F)F)c2)cc1OC. The molecule has 0 radical (unpaired) electrons. The molecule has 2 aromatic carbocycles. The summed E-state index contributed by atoms with van der Waals surface area (Å²) in [4.78, 5) is 12.3. The highest BCUT2D eigenvalue weighted by atomic mass is 19.4. The van der Waals surface area contributed by atoms with Crippen molar-refractivity contribution < 1.29 is 40.6 Å². The van der Waals surface area contributed by atoms with Crippen LogP contribution in [0.5, 0.6) is 11.5 Å². The number of amides is 1. The number of rotatable bonds is 6. The van der Waals surface area contributed by atoms with Crippen molar-refractivity contribution in [2.24, 2.45) is 0 Å². The molecule has 2 rings (SSSR count). The van der Waals surface area contributed by atoms with E-state index in [9.17, 15) is 36.4 Å². The van der Waals surface area contributed by atoms with Gasteiger partial charge in [0.15, 0.2) is 11.5 Å². The van der Waals surface area contributed by atoms with Crippen LogP contribution in [-0.4, -0.2) is 20.1 Å². The van der Waals surface area contributed by atoms with Gasteiger partial charge in [0.2, 0.25) is 0 Å². The number of halogens is 6. The Morgan fingerprint density at radius 2 is 1.47 bits per heavy atom. The zero-order chi connectivity index (χ0) is 24.1. The smallest absolute Gasteiger partial charge is 0.416 e. The Morgan fingerprint density at radius 1 is 0.906 bits per heavy atom. The maximum absolute atomic E-state index is 12.9. The molecule has 0 aliphatic heterocycles. The summed E-state index contributed by atoms with van der Waals surface area (Å²) in [5.41, 5.74) is -4.11. The summed E-state index contributed by atoms with van der Waals surface area (Å²) in [7, 11) is 2.76. The minimum atomic E-state index is -5.04. The molecular weight excluding hydrogens is 444 g/mol. The second-order valence-corrected chi connectivity index (χ2v) is 6.13. The third kappa shape index (κ3) is 6.07. The summed E-state index contributed by atoms with van der Waals surface area (Å²) in [5.74, 6) is -0.321. The number of nitrogens with one attached hydrogen (secondary N) is 2. The molecular formula is C20H15F6N3O3. The summed E-state index contributed by atoms with van der Waals surface area (Å²) in [6, 6.07) is 6.63. The fourth-order valence-electron chi connectivity index (χ4n) is 2.45. The molecule has 2 N–H and O–H groups in total. The van der Waals surface area contributed by atoms with Crippen molar-refractivity contribution in [3.05, 3.63) is 59.3 Å². The van der Waals surface area contributed by atoms with E-state index in [0.29, 0.717) is 24.1 Å². The van der Waals surface area contributed by atoms with Gasteiger partial charge in [-0.1, -0.05) is 0 Å². The number of nitrogens with zero attached hydrogens (tertiary/aromatic N) is 1. The fraction of sp³-hybridized carbons (Fsp3) is 0.200. The Hall–Kier alpha value is -3.88. The Kier molecular flexibility index (Phi) is 7.24. The zero-order valence-electron chi connectivity index (χ0n) is 16.5. The first-order valence-electron chi connectivity index (χ1n) is 8.58. The van der Waals surface area contributed by atoms with E-state index < -0.39 is 40.6 Å². The van der Waals surface area contributed by atoms with E-state index in [-0.39, 0.29) is 17.5 Å². The van der Waals surface area contributed by atoms with Crippen molar-refractivity contribution in [3.63, 3.8) is 0 Å². The van der Waals surface area contributed by atoms with Crippen LogP contribution in [0.15, 0.2) is 48.2 Å². The van der Waals surface area contributed by atoms with Gasteiger partial charge < -0.3 is 20.1 Å². The molecule has 12 heteroatoms. The average Bonchev–Trinajstić information content (AvgIpc) is 2.72. The van der Waals surface area contributed by atoms with E-state index in [4.69, 9.17) is 9.47 Å². The lowest BCUT2D eigenvalue weighted by molar-refractivity contribution is -0.143. The molecule has 6 nitrogen and oxygen atoms in total. The van der Waals surface area contributed by atoms with Crippen molar-refractivity contribution in [2.45, 2.75) is 12.4 Å². The third-order valence-corrected chi connectivity index (χ3v) is 3.98. The Morgan fingerprint density at radius 3 is 1.94 bits per heavy atom. The minimum absolute atomic E-state index is 0.0378. The molecule has 0 unspecified atom stereocenters. The van der Waals surface area contributed by atoms with E-state index in [1.165, 1.54) is 38.5 Å². The molecule has 0 aromatic heterocycles. The van der Waals surface area contributed by atoms with Crippen molar-refractivity contribution in [2.75, 3.05) is 24.9 Å². The predicted octanol–water partition coefficient (Wildman–Crippen LogP) is 5.20. The molecule has 0 bridgehead atoms. The summed E-state index contributed by atoms with van der Waals surface area (Å²) in [5, 5.41) is 13.7. The van der Waals surface area contributed by atoms with Gasteiger partial charge in [0.25, 0.3) is 5.91 Å². The van der Waals surface area contributed by atoms with Gasteiger partial charge in [-0.25, -0.2) is 0 Å². The molecule has 0 atom stereocenters. The maximum atomic E-state index is 12.9. The van der Waals surface area contributed by atoms with E-state index in [1.807, 2.05) is 0 Å². The van der Waals surface area contributed by atoms with Gasteiger partial charge in [-0.05, 0) is 30.3 Å². The number of anilines is 2. The first-order valence-corrected chi connectivity index (χ1v) is 8.58. The number of ether oxygens (including phenoxy) is 2. The maximum Gasteiger partial charge on any atom is 0.416 e. The van der Waals surface area contributed by atoms with Crippen LogP contribution in [0.2, 0.25) is 0 Å². The molecule has 1 amide bonds. The number of hydrogen-bond donors (Lipinski definition) is 2. The molecule has 0 fully saturated rings. The molecule has 32 heavy (non-hydrogen) atoms. The van der Waals surface area contributed by atoms with Gasteiger partial charge in [-0.3, -0.25) is 4.79 Å². The average molecular weight is 459 g/mol. The molecule has 0 saturated heterocycles. The van der Waals surface area contributed by atoms with Gasteiger partial charge in [0.05, 0.1) is 25.3 Å². The standard InChI is InChI=1S/C20H15F6N3O3/c1-31-16-4-3-14(8-17(16)32-2)29-18(30)11(9-27)10-28-15-6-12(19(21,22)23)5-13(7-15)20(24,25)26/h3-8,10,28H,1-2H3,(H,29,30)/b11-10-. The second-order valence-electron chi connectivity index (χ2n) is 6.13. The summed E-state index contributed by atoms with van der Waals surface area (Å²) < 4.78 is 87.8.